The summed E-state index contributed by atoms with van der Waals surface area (Å²) >= 11 is 0. The van der Waals surface area contributed by atoms with Gasteiger partial charge in [0.15, 0.2) is 0 Å². The lowest BCUT2D eigenvalue weighted by molar-refractivity contribution is 0.654. The number of hydrogen-bond donors (Lipinski definition) is 0. The number of fused-ring (bicyclic) bond motifs is 6. The van der Waals surface area contributed by atoms with Crippen LogP contribution >= 0.6 is 0 Å². The number of benzene rings is 6. The summed E-state index contributed by atoms with van der Waals surface area (Å²) in [7, 11) is 0. The van der Waals surface area contributed by atoms with E-state index in [0.717, 1.165) is 33.4 Å². The maximum Gasteiger partial charge on any atom is 0.227 e. The van der Waals surface area contributed by atoms with Gasteiger partial charge in [0.05, 0.1) is 22.1 Å². The van der Waals surface area contributed by atoms with Gasteiger partial charge in [-0.3, -0.25) is 0 Å². The fourth-order valence-electron chi connectivity index (χ4n) is 5.89. The van der Waals surface area contributed by atoms with Crippen LogP contribution in [-0.4, -0.2) is 4.98 Å². The Labute approximate surface area is 231 Å². The minimum atomic E-state index is 0.646. The van der Waals surface area contributed by atoms with Gasteiger partial charge >= 0.3 is 0 Å². The van der Waals surface area contributed by atoms with Crippen LogP contribution in [0.25, 0.3) is 54.7 Å². The zero-order chi connectivity index (χ0) is 26.5. The Morgan fingerprint density at radius 1 is 0.500 bits per heavy atom. The normalized spacial score (nSPS) is 11.5. The zero-order valence-corrected chi connectivity index (χ0v) is 21.7. The summed E-state index contributed by atoms with van der Waals surface area (Å²) in [5, 5.41) is 6.92. The van der Waals surface area contributed by atoms with Crippen LogP contribution in [0.3, 0.4) is 0 Å². The monoisotopic (exact) mass is 512 g/mol. The molecule has 8 aromatic rings. The van der Waals surface area contributed by atoms with Crippen LogP contribution in [-0.2, 0) is 0 Å². The lowest BCUT2D eigenvalue weighted by Gasteiger charge is -2.28. The van der Waals surface area contributed by atoms with Crippen molar-refractivity contribution in [3.05, 3.63) is 146 Å². The van der Waals surface area contributed by atoms with Gasteiger partial charge in [-0.1, -0.05) is 97.1 Å². The van der Waals surface area contributed by atoms with Crippen molar-refractivity contribution in [2.75, 3.05) is 4.90 Å². The number of rotatable bonds is 4. The van der Waals surface area contributed by atoms with E-state index in [1.807, 2.05) is 12.1 Å². The van der Waals surface area contributed by atoms with Gasteiger partial charge in [-0.05, 0) is 69.8 Å². The predicted molar refractivity (Wildman–Crippen MR) is 167 cm³/mol. The van der Waals surface area contributed by atoms with Crippen LogP contribution < -0.4 is 4.90 Å². The molecule has 0 radical (unpaired) electrons. The molecule has 0 amide bonds. The summed E-state index contributed by atoms with van der Waals surface area (Å²) in [5.74, 6) is 0. The molecule has 2 aromatic heterocycles. The third-order valence-corrected chi connectivity index (χ3v) is 7.71. The third-order valence-electron chi connectivity index (χ3n) is 7.71. The highest BCUT2D eigenvalue weighted by Crippen LogP contribution is 2.46. The number of anilines is 3. The molecule has 6 aromatic carbocycles. The first-order valence-corrected chi connectivity index (χ1v) is 13.5. The van der Waals surface area contributed by atoms with Gasteiger partial charge in [0.1, 0.15) is 5.58 Å². The quantitative estimate of drug-likeness (QED) is 0.220. The van der Waals surface area contributed by atoms with E-state index in [1.54, 1.807) is 6.20 Å². The van der Waals surface area contributed by atoms with Gasteiger partial charge < -0.3 is 9.32 Å². The topological polar surface area (TPSA) is 29.3 Å². The number of hydrogen-bond acceptors (Lipinski definition) is 3. The Bertz CT molecular complexity index is 2160. The molecule has 0 saturated carbocycles. The van der Waals surface area contributed by atoms with Gasteiger partial charge in [0.2, 0.25) is 5.71 Å². The average Bonchev–Trinajstić information content (AvgIpc) is 3.41. The Morgan fingerprint density at radius 2 is 1.20 bits per heavy atom. The van der Waals surface area contributed by atoms with Gasteiger partial charge in [-0.2, -0.15) is 0 Å². The number of pyridine rings is 1. The maximum atomic E-state index is 6.21. The van der Waals surface area contributed by atoms with E-state index in [9.17, 15) is 0 Å². The summed E-state index contributed by atoms with van der Waals surface area (Å²) in [6, 6.07) is 49.3. The molecule has 0 aliphatic heterocycles. The van der Waals surface area contributed by atoms with Gasteiger partial charge in [0, 0.05) is 17.3 Å². The van der Waals surface area contributed by atoms with Crippen molar-refractivity contribution in [3.8, 4) is 11.1 Å². The minimum absolute atomic E-state index is 0.646. The highest BCUT2D eigenvalue weighted by Gasteiger charge is 2.22. The standard InChI is InChI=1S/C37H24N2O/c1-2-10-25(11-3-1)26-19-21-28(22-20-26)39(33-17-8-18-35-36(33)32-16-9-23-38-37(32)40-35)34-24-27-12-4-5-13-29(27)30-14-6-7-15-31(30)34/h1-24H. The first kappa shape index (κ1) is 22.6. The predicted octanol–water partition coefficient (Wildman–Crippen LogP) is 10.4. The Morgan fingerprint density at radius 3 is 2.05 bits per heavy atom. The van der Waals surface area contributed by atoms with Gasteiger partial charge in [-0.15, -0.1) is 0 Å². The molecule has 2 heterocycles. The largest absolute Gasteiger partial charge is 0.438 e. The Hall–Kier alpha value is -5.41. The fraction of sp³-hybridized carbons (Fsp3) is 0. The van der Waals surface area contributed by atoms with Crippen LogP contribution in [0.1, 0.15) is 0 Å². The van der Waals surface area contributed by atoms with E-state index >= 15 is 0 Å². The van der Waals surface area contributed by atoms with E-state index < -0.39 is 0 Å². The average molecular weight is 513 g/mol. The van der Waals surface area contributed by atoms with Crippen molar-refractivity contribution < 1.29 is 4.42 Å². The fourth-order valence-corrected chi connectivity index (χ4v) is 5.89. The second-order valence-electron chi connectivity index (χ2n) is 10.0. The molecule has 3 nitrogen and oxygen atoms in total. The molecule has 0 saturated heterocycles. The number of aromatic nitrogens is 1. The summed E-state index contributed by atoms with van der Waals surface area (Å²) in [5.41, 5.74) is 7.10. The van der Waals surface area contributed by atoms with E-state index in [0.29, 0.717) is 5.71 Å². The van der Waals surface area contributed by atoms with Crippen LogP contribution in [0.4, 0.5) is 17.1 Å². The van der Waals surface area contributed by atoms with Crippen molar-refractivity contribution in [1.29, 1.82) is 0 Å². The molecule has 0 spiro atoms. The maximum absolute atomic E-state index is 6.21. The first-order valence-electron chi connectivity index (χ1n) is 13.5. The second-order valence-corrected chi connectivity index (χ2v) is 10.0. The molecule has 0 N–H and O–H groups in total. The number of furan rings is 1. The molecule has 0 bridgehead atoms. The summed E-state index contributed by atoms with van der Waals surface area (Å²) in [4.78, 5) is 6.88. The smallest absolute Gasteiger partial charge is 0.227 e. The van der Waals surface area contributed by atoms with E-state index in [4.69, 9.17) is 4.42 Å². The van der Waals surface area contributed by atoms with Gasteiger partial charge in [0.25, 0.3) is 0 Å². The van der Waals surface area contributed by atoms with Crippen molar-refractivity contribution >= 4 is 60.7 Å². The first-order chi connectivity index (χ1) is 19.8. The van der Waals surface area contributed by atoms with Crippen LogP contribution in [0.15, 0.2) is 150 Å². The summed E-state index contributed by atoms with van der Waals surface area (Å²) < 4.78 is 6.21. The van der Waals surface area contributed by atoms with Crippen LogP contribution in [0.2, 0.25) is 0 Å². The minimum Gasteiger partial charge on any atom is -0.438 e. The lowest BCUT2D eigenvalue weighted by atomic mass is 9.98. The number of nitrogens with zero attached hydrogens (tertiary/aromatic N) is 2. The molecular formula is C37H24N2O. The molecule has 0 fully saturated rings. The van der Waals surface area contributed by atoms with Gasteiger partial charge in [-0.25, -0.2) is 4.98 Å². The molecule has 40 heavy (non-hydrogen) atoms. The molecular weight excluding hydrogens is 488 g/mol. The Kier molecular flexibility index (Phi) is 5.14. The van der Waals surface area contributed by atoms with Crippen LogP contribution in [0.5, 0.6) is 0 Å². The highest BCUT2D eigenvalue weighted by molar-refractivity contribution is 6.17. The Balaban J connectivity index is 1.45. The van der Waals surface area contributed by atoms with Crippen molar-refractivity contribution in [3.63, 3.8) is 0 Å². The molecule has 8 rings (SSSR count). The van der Waals surface area contributed by atoms with E-state index in [-0.39, 0.29) is 0 Å². The van der Waals surface area contributed by atoms with Crippen LogP contribution in [0, 0.1) is 0 Å². The highest BCUT2D eigenvalue weighted by atomic mass is 16.3. The molecule has 3 heteroatoms. The van der Waals surface area contributed by atoms with Crippen molar-refractivity contribution in [2.45, 2.75) is 0 Å². The molecule has 0 unspecified atom stereocenters. The van der Waals surface area contributed by atoms with Crippen molar-refractivity contribution in [1.82, 2.24) is 4.98 Å². The summed E-state index contributed by atoms with van der Waals surface area (Å²) in [6.07, 6.45) is 1.78. The lowest BCUT2D eigenvalue weighted by Crippen LogP contribution is -2.11. The SMILES string of the molecule is c1ccc(-c2ccc(N(c3cc4ccccc4c4ccccc34)c3cccc4oc5ncccc5c34)cc2)cc1. The van der Waals surface area contributed by atoms with E-state index in [2.05, 4.69) is 137 Å². The molecule has 0 aliphatic carbocycles. The second kappa shape index (κ2) is 9.11. The zero-order valence-electron chi connectivity index (χ0n) is 21.7. The molecule has 0 aliphatic rings. The molecule has 0 atom stereocenters. The van der Waals surface area contributed by atoms with Crippen molar-refractivity contribution in [2.24, 2.45) is 0 Å². The summed E-state index contributed by atoms with van der Waals surface area (Å²) in [6.45, 7) is 0. The van der Waals surface area contributed by atoms with E-state index in [1.165, 1.54) is 32.7 Å². The molecule has 188 valence electrons. The third kappa shape index (κ3) is 3.56.